The molecule has 1 heterocycles. The van der Waals surface area contributed by atoms with Crippen molar-refractivity contribution in [2.75, 3.05) is 33.2 Å². The second kappa shape index (κ2) is 32.3. The van der Waals surface area contributed by atoms with Crippen molar-refractivity contribution < 1.29 is 33.3 Å². The number of thioether (sulfide) groups is 1. The molecule has 0 bridgehead atoms. The van der Waals surface area contributed by atoms with E-state index in [1.807, 2.05) is 13.8 Å². The van der Waals surface area contributed by atoms with Crippen LogP contribution in [0, 0.1) is 12.3 Å². The smallest absolute Gasteiger partial charge is 0.251 e. The van der Waals surface area contributed by atoms with E-state index >= 15 is 0 Å². The molecule has 1 rings (SSSR count). The van der Waals surface area contributed by atoms with Crippen molar-refractivity contribution in [3.8, 4) is 12.3 Å². The van der Waals surface area contributed by atoms with E-state index < -0.39 is 29.5 Å². The molecule has 0 fully saturated rings. The zero-order valence-electron chi connectivity index (χ0n) is 26.2. The zero-order valence-corrected chi connectivity index (χ0v) is 27.0. The third-order valence-electron chi connectivity index (χ3n) is 4.34. The maximum atomic E-state index is 12.9. The number of halogens is 2. The summed E-state index contributed by atoms with van der Waals surface area (Å²) in [4.78, 5) is 26.0. The maximum absolute atomic E-state index is 12.9. The minimum atomic E-state index is -1.56. The minimum absolute atomic E-state index is 0.00855. The van der Waals surface area contributed by atoms with E-state index in [4.69, 9.17) is 4.74 Å². The number of Topliss-reactive ketones (excluding diaryl/α,β-unsaturated/α-hetero) is 1. The number of aliphatic hydroxyl groups is 2. The lowest BCUT2D eigenvalue weighted by atomic mass is 10.1. The number of allylic oxidation sites excluding steroid dienone is 3. The molecule has 12 heteroatoms. The van der Waals surface area contributed by atoms with Gasteiger partial charge < -0.3 is 25.3 Å². The summed E-state index contributed by atoms with van der Waals surface area (Å²) in [7, 11) is 1.49. The molecule has 5 N–H and O–H groups in total. The summed E-state index contributed by atoms with van der Waals surface area (Å²) in [6, 6.07) is -0.328. The van der Waals surface area contributed by atoms with Crippen molar-refractivity contribution in [1.82, 2.24) is 21.1 Å². The average Bonchev–Trinajstić information content (AvgIpc) is 2.97. The SMILES string of the molecule is C#CC.C/C=C/F.C=C(F)C(=C)CNC(O)/C1=C/NNCN([C@@H](C)COC)C(=O)/C=C(\O)C1=O.CC.CC/C=C\SC. The van der Waals surface area contributed by atoms with Crippen molar-refractivity contribution in [1.29, 1.82) is 0 Å². The Morgan fingerprint density at radius 3 is 2.33 bits per heavy atom. The van der Waals surface area contributed by atoms with Crippen LogP contribution >= 0.6 is 11.8 Å². The lowest BCUT2D eigenvalue weighted by molar-refractivity contribution is -0.130. The maximum Gasteiger partial charge on any atom is 0.251 e. The quantitative estimate of drug-likeness (QED) is 0.128. The van der Waals surface area contributed by atoms with Crippen molar-refractivity contribution in [2.45, 2.75) is 60.2 Å². The Bertz CT molecular complexity index is 921. The van der Waals surface area contributed by atoms with Gasteiger partial charge in [-0.25, -0.2) is 14.2 Å². The predicted molar refractivity (Wildman–Crippen MR) is 171 cm³/mol. The summed E-state index contributed by atoms with van der Waals surface area (Å²) in [5, 5.41) is 24.7. The first kappa shape index (κ1) is 45.8. The van der Waals surface area contributed by atoms with Crippen LogP contribution in [0.1, 0.15) is 48.0 Å². The fourth-order valence-electron chi connectivity index (χ4n) is 2.34. The number of hydrazine groups is 1. The molecular formula is C30H50F2N4O5S. The number of carbonyl (C=O) groups is 2. The number of methoxy groups -OCH3 is 1. The molecule has 2 atom stereocenters. The highest BCUT2D eigenvalue weighted by Crippen LogP contribution is 2.11. The van der Waals surface area contributed by atoms with Gasteiger partial charge in [0.05, 0.1) is 31.2 Å². The van der Waals surface area contributed by atoms with Crippen molar-refractivity contribution in [2.24, 2.45) is 0 Å². The van der Waals surface area contributed by atoms with Gasteiger partial charge in [-0.1, -0.05) is 46.1 Å². The van der Waals surface area contributed by atoms with Gasteiger partial charge >= 0.3 is 0 Å². The van der Waals surface area contributed by atoms with Crippen LogP contribution in [0.25, 0.3) is 0 Å². The average molecular weight is 617 g/mol. The van der Waals surface area contributed by atoms with E-state index in [0.717, 1.165) is 18.7 Å². The molecule has 0 aromatic heterocycles. The monoisotopic (exact) mass is 616 g/mol. The Labute approximate surface area is 255 Å². The van der Waals surface area contributed by atoms with Gasteiger partial charge in [0.1, 0.15) is 12.1 Å². The summed E-state index contributed by atoms with van der Waals surface area (Å²) in [5.41, 5.74) is 4.98. The molecule has 0 spiro atoms. The van der Waals surface area contributed by atoms with Gasteiger partial charge in [0.25, 0.3) is 5.91 Å². The fraction of sp³-hybridized carbons (Fsp3) is 0.467. The van der Waals surface area contributed by atoms with Crippen LogP contribution in [-0.2, 0) is 14.3 Å². The van der Waals surface area contributed by atoms with Gasteiger partial charge in [0.15, 0.2) is 5.76 Å². The summed E-state index contributed by atoms with van der Waals surface area (Å²) in [6.45, 7) is 17.7. The first-order chi connectivity index (χ1) is 19.9. The number of carbonyl (C=O) groups excluding carboxylic acids is 2. The summed E-state index contributed by atoms with van der Waals surface area (Å²) >= 11 is 1.75. The van der Waals surface area contributed by atoms with Gasteiger partial charge in [-0.2, -0.15) is 0 Å². The van der Waals surface area contributed by atoms with Crippen LogP contribution in [0.15, 0.2) is 72.1 Å². The first-order valence-electron chi connectivity index (χ1n) is 13.1. The standard InChI is InChI=1S/C17H25FN4O5.C5H10S.C3H5F.C3H4.C2H6/c1-10(12(3)18)6-19-17(26)13-7-20-21-9-22(11(2)8-27-4)15(24)5-14(23)16(13)25;1-3-4-5-6-2;1-2-3-4;1-3-2;1-2/h5,7,11,17,19-21,23,26H,1,3,6,8-9H2,2,4H3;4-5H,3H2,1-2H3;2-3H,1H3;1H,2H3;1-2H3/b13-7+,14-5-;5-4-;3-2+;;/t11-,17?;;;;/m0..../s1. The predicted octanol–water partition coefficient (Wildman–Crippen LogP) is 5.19. The number of nitrogens with one attached hydrogen (secondary N) is 3. The molecule has 0 aromatic carbocycles. The van der Waals surface area contributed by atoms with Crippen LogP contribution in [0.4, 0.5) is 8.78 Å². The molecule has 1 aliphatic heterocycles. The summed E-state index contributed by atoms with van der Waals surface area (Å²) in [5.74, 6) is -0.965. The molecule has 1 aliphatic rings. The number of ketones is 1. The summed E-state index contributed by atoms with van der Waals surface area (Å²) in [6.07, 6.45) is 12.1. The molecule has 0 saturated heterocycles. The molecular weight excluding hydrogens is 566 g/mol. The van der Waals surface area contributed by atoms with Gasteiger partial charge in [-0.3, -0.25) is 14.9 Å². The van der Waals surface area contributed by atoms with E-state index in [1.165, 1.54) is 18.1 Å². The van der Waals surface area contributed by atoms with Crippen LogP contribution in [0.2, 0.25) is 0 Å². The Kier molecular flexibility index (Phi) is 35.2. The highest BCUT2D eigenvalue weighted by atomic mass is 32.2. The molecule has 0 aromatic rings. The lowest BCUT2D eigenvalue weighted by Gasteiger charge is -2.28. The largest absolute Gasteiger partial charge is 0.504 e. The van der Waals surface area contributed by atoms with Gasteiger partial charge in [-0.05, 0) is 44.4 Å². The van der Waals surface area contributed by atoms with E-state index in [1.54, 1.807) is 32.5 Å². The lowest BCUT2D eigenvalue weighted by Crippen LogP contribution is -2.49. The number of aliphatic hydroxyl groups excluding tert-OH is 2. The first-order valence-corrected chi connectivity index (χ1v) is 14.4. The molecule has 0 radical (unpaired) electrons. The number of terminal acetylenes is 1. The van der Waals surface area contributed by atoms with Crippen LogP contribution in [0.3, 0.4) is 0 Å². The number of ether oxygens (including phenoxy) is 1. The third-order valence-corrected chi connectivity index (χ3v) is 4.80. The number of hydrogen-bond donors (Lipinski definition) is 5. The van der Waals surface area contributed by atoms with E-state index in [9.17, 15) is 28.6 Å². The number of nitrogens with zero attached hydrogens (tertiary/aromatic N) is 1. The second-order valence-corrected chi connectivity index (χ2v) is 8.35. The van der Waals surface area contributed by atoms with Crippen LogP contribution < -0.4 is 16.2 Å². The highest BCUT2D eigenvalue weighted by Gasteiger charge is 2.26. The Balaban J connectivity index is -0.000000398. The van der Waals surface area contributed by atoms with Crippen molar-refractivity contribution in [3.05, 3.63) is 72.1 Å². The second-order valence-electron chi connectivity index (χ2n) is 7.61. The minimum Gasteiger partial charge on any atom is -0.504 e. The Morgan fingerprint density at radius 1 is 1.38 bits per heavy atom. The number of amides is 1. The molecule has 1 unspecified atom stereocenters. The molecule has 42 heavy (non-hydrogen) atoms. The fourth-order valence-corrected chi connectivity index (χ4v) is 2.73. The number of rotatable bonds is 10. The zero-order chi connectivity index (χ0) is 33.5. The van der Waals surface area contributed by atoms with E-state index in [-0.39, 0.29) is 37.0 Å². The van der Waals surface area contributed by atoms with Crippen molar-refractivity contribution >= 4 is 23.5 Å². The molecule has 240 valence electrons. The number of hydrogen-bond acceptors (Lipinski definition) is 9. The molecule has 0 aliphatic carbocycles. The van der Waals surface area contributed by atoms with Crippen molar-refractivity contribution in [3.63, 3.8) is 0 Å². The van der Waals surface area contributed by atoms with Gasteiger partial charge in [-0.15, -0.1) is 24.1 Å². The Morgan fingerprint density at radius 2 is 1.93 bits per heavy atom. The van der Waals surface area contributed by atoms with E-state index in [2.05, 4.69) is 66.3 Å². The third kappa shape index (κ3) is 24.6. The summed E-state index contributed by atoms with van der Waals surface area (Å²) < 4.78 is 28.5. The van der Waals surface area contributed by atoms with Gasteiger partial charge in [0.2, 0.25) is 5.78 Å². The molecule has 1 amide bonds. The molecule has 9 nitrogen and oxygen atoms in total. The normalized spacial score (nSPS) is 16.9. The van der Waals surface area contributed by atoms with E-state index in [0.29, 0.717) is 6.33 Å². The highest BCUT2D eigenvalue weighted by molar-refractivity contribution is 8.01. The molecule has 0 saturated carbocycles. The van der Waals surface area contributed by atoms with Gasteiger partial charge in [0, 0.05) is 25.9 Å². The van der Waals surface area contributed by atoms with Crippen LogP contribution in [-0.4, -0.2) is 72.3 Å². The Hall–Kier alpha value is -3.21. The van der Waals surface area contributed by atoms with Crippen LogP contribution in [0.5, 0.6) is 0 Å². The topological polar surface area (TPSA) is 123 Å².